The first-order chi connectivity index (χ1) is 5.02. The molecule has 0 bridgehead atoms. The summed E-state index contributed by atoms with van der Waals surface area (Å²) in [4.78, 5) is 6.14. The van der Waals surface area contributed by atoms with E-state index in [1.54, 1.807) is 6.20 Å². The van der Waals surface area contributed by atoms with Gasteiger partial charge in [-0.3, -0.25) is 0 Å². The van der Waals surface area contributed by atoms with E-state index in [4.69, 9.17) is 0 Å². The number of rotatable bonds is 3. The third kappa shape index (κ3) is 3.81. The summed E-state index contributed by atoms with van der Waals surface area (Å²) in [7, 11) is 0. The van der Waals surface area contributed by atoms with Crippen LogP contribution in [0.15, 0.2) is 17.8 Å². The molecule has 0 aliphatic carbocycles. The molecule has 0 aromatic rings. The Kier molecular flexibility index (Phi) is 3.86. The monoisotopic (exact) mass is 154 g/mol. The fraction of sp³-hybridized carbons (Fsp3) is 0.667. The molecule has 11 heavy (non-hydrogen) atoms. The van der Waals surface area contributed by atoms with Crippen molar-refractivity contribution in [1.82, 2.24) is 4.90 Å². The first kappa shape index (κ1) is 10.2. The first-order valence-electron chi connectivity index (χ1n) is 3.93. The maximum Gasteiger partial charge on any atom is 0.0908 e. The zero-order chi connectivity index (χ0) is 8.91. The van der Waals surface area contributed by atoms with Gasteiger partial charge in [-0.15, -0.1) is 0 Å². The summed E-state index contributed by atoms with van der Waals surface area (Å²) in [6.07, 6.45) is 3.38. The lowest BCUT2D eigenvalue weighted by Crippen LogP contribution is -2.39. The van der Waals surface area contributed by atoms with Gasteiger partial charge in [0.05, 0.1) is 6.34 Å². The van der Waals surface area contributed by atoms with Crippen LogP contribution in [0.2, 0.25) is 0 Å². The van der Waals surface area contributed by atoms with E-state index in [9.17, 15) is 0 Å². The van der Waals surface area contributed by atoms with E-state index < -0.39 is 0 Å². The highest BCUT2D eigenvalue weighted by Gasteiger charge is 2.15. The Morgan fingerprint density at radius 2 is 2.00 bits per heavy atom. The molecule has 2 heteroatoms. The zero-order valence-electron chi connectivity index (χ0n) is 7.96. The Bertz CT molecular complexity index is 142. The van der Waals surface area contributed by atoms with Gasteiger partial charge in [-0.1, -0.05) is 6.58 Å². The molecule has 2 nitrogen and oxygen atoms in total. The van der Waals surface area contributed by atoms with Crippen LogP contribution in [-0.2, 0) is 0 Å². The molecule has 0 radical (unpaired) electrons. The van der Waals surface area contributed by atoms with Crippen LogP contribution in [0.25, 0.3) is 0 Å². The highest BCUT2D eigenvalue weighted by atomic mass is 15.2. The molecule has 0 amide bonds. The highest BCUT2D eigenvalue weighted by molar-refractivity contribution is 5.56. The van der Waals surface area contributed by atoms with E-state index in [0.717, 1.165) is 6.54 Å². The van der Waals surface area contributed by atoms with Gasteiger partial charge in [-0.05, 0) is 27.7 Å². The molecule has 0 unspecified atom stereocenters. The van der Waals surface area contributed by atoms with Gasteiger partial charge in [0.15, 0.2) is 0 Å². The fourth-order valence-electron chi connectivity index (χ4n) is 0.857. The molecule has 0 aliphatic rings. The summed E-state index contributed by atoms with van der Waals surface area (Å²) in [5.41, 5.74) is 0.154. The fourth-order valence-corrected chi connectivity index (χ4v) is 0.857. The second-order valence-electron chi connectivity index (χ2n) is 3.40. The van der Waals surface area contributed by atoms with Gasteiger partial charge in [-0.25, -0.2) is 4.99 Å². The molecule has 0 aromatic carbocycles. The van der Waals surface area contributed by atoms with Crippen molar-refractivity contribution in [2.45, 2.75) is 33.2 Å². The molecule has 0 aromatic heterocycles. The van der Waals surface area contributed by atoms with E-state index in [2.05, 4.69) is 44.2 Å². The van der Waals surface area contributed by atoms with Crippen LogP contribution >= 0.6 is 0 Å². The van der Waals surface area contributed by atoms with Gasteiger partial charge in [0, 0.05) is 18.3 Å². The third-order valence-corrected chi connectivity index (χ3v) is 1.51. The van der Waals surface area contributed by atoms with Crippen molar-refractivity contribution < 1.29 is 0 Å². The smallest absolute Gasteiger partial charge is 0.0908 e. The van der Waals surface area contributed by atoms with E-state index in [-0.39, 0.29) is 5.54 Å². The van der Waals surface area contributed by atoms with Crippen LogP contribution in [0.5, 0.6) is 0 Å². The Hall–Kier alpha value is -0.790. The van der Waals surface area contributed by atoms with Crippen molar-refractivity contribution in [3.8, 4) is 0 Å². The van der Waals surface area contributed by atoms with Crippen molar-refractivity contribution >= 4 is 6.34 Å². The minimum Gasteiger partial charge on any atom is -0.358 e. The molecule has 0 aliphatic heterocycles. The SMILES string of the molecule is C=CN=CN(CC)C(C)(C)C. The Morgan fingerprint density at radius 3 is 2.27 bits per heavy atom. The molecule has 0 saturated heterocycles. The van der Waals surface area contributed by atoms with Gasteiger partial charge in [0.2, 0.25) is 0 Å². The van der Waals surface area contributed by atoms with Crippen LogP contribution in [0.4, 0.5) is 0 Å². The number of hydrogen-bond acceptors (Lipinski definition) is 1. The normalized spacial score (nSPS) is 12.0. The van der Waals surface area contributed by atoms with Crippen LogP contribution in [0.1, 0.15) is 27.7 Å². The summed E-state index contributed by atoms with van der Waals surface area (Å²) in [5, 5.41) is 0. The van der Waals surface area contributed by atoms with Gasteiger partial charge in [0.1, 0.15) is 0 Å². The van der Waals surface area contributed by atoms with Crippen molar-refractivity contribution in [2.24, 2.45) is 4.99 Å². The molecule has 0 saturated carbocycles. The number of hydrogen-bond donors (Lipinski definition) is 0. The standard InChI is InChI=1S/C9H18N2/c1-6-10-8-11(7-2)9(3,4)5/h6,8H,1,7H2,2-5H3. The van der Waals surface area contributed by atoms with Crippen molar-refractivity contribution in [3.63, 3.8) is 0 Å². The molecular weight excluding hydrogens is 136 g/mol. The van der Waals surface area contributed by atoms with Gasteiger partial charge in [-0.2, -0.15) is 0 Å². The predicted molar refractivity (Wildman–Crippen MR) is 50.8 cm³/mol. The highest BCUT2D eigenvalue weighted by Crippen LogP contribution is 2.09. The van der Waals surface area contributed by atoms with Gasteiger partial charge in [0.25, 0.3) is 0 Å². The second kappa shape index (κ2) is 4.16. The minimum atomic E-state index is 0.154. The summed E-state index contributed by atoms with van der Waals surface area (Å²) in [6, 6.07) is 0. The van der Waals surface area contributed by atoms with E-state index in [1.165, 1.54) is 0 Å². The van der Waals surface area contributed by atoms with Crippen molar-refractivity contribution in [3.05, 3.63) is 12.8 Å². The lowest BCUT2D eigenvalue weighted by molar-refractivity contribution is 0.256. The van der Waals surface area contributed by atoms with Crippen LogP contribution in [-0.4, -0.2) is 23.3 Å². The first-order valence-corrected chi connectivity index (χ1v) is 3.93. The van der Waals surface area contributed by atoms with Crippen molar-refractivity contribution in [1.29, 1.82) is 0 Å². The molecule has 0 fully saturated rings. The molecule has 0 N–H and O–H groups in total. The Balaban J connectivity index is 4.17. The van der Waals surface area contributed by atoms with Crippen LogP contribution in [0.3, 0.4) is 0 Å². The van der Waals surface area contributed by atoms with Crippen LogP contribution in [0, 0.1) is 0 Å². The summed E-state index contributed by atoms with van der Waals surface area (Å²) >= 11 is 0. The van der Waals surface area contributed by atoms with Gasteiger partial charge >= 0.3 is 0 Å². The summed E-state index contributed by atoms with van der Waals surface area (Å²) in [5.74, 6) is 0. The van der Waals surface area contributed by atoms with E-state index >= 15 is 0 Å². The molecule has 0 heterocycles. The average Bonchev–Trinajstić information content (AvgIpc) is 1.87. The topological polar surface area (TPSA) is 15.6 Å². The maximum atomic E-state index is 3.97. The van der Waals surface area contributed by atoms with Gasteiger partial charge < -0.3 is 4.90 Å². The predicted octanol–water partition coefficient (Wildman–Crippen LogP) is 2.28. The van der Waals surface area contributed by atoms with E-state index in [0.29, 0.717) is 0 Å². The molecule has 64 valence electrons. The Labute approximate surface area is 69.6 Å². The van der Waals surface area contributed by atoms with Crippen LogP contribution < -0.4 is 0 Å². The molecular formula is C9H18N2. The summed E-state index contributed by atoms with van der Waals surface area (Å²) in [6.45, 7) is 13.1. The number of nitrogens with zero attached hydrogens (tertiary/aromatic N) is 2. The Morgan fingerprint density at radius 1 is 1.45 bits per heavy atom. The van der Waals surface area contributed by atoms with Crippen molar-refractivity contribution in [2.75, 3.05) is 6.54 Å². The minimum absolute atomic E-state index is 0.154. The average molecular weight is 154 g/mol. The molecule has 0 spiro atoms. The molecule has 0 atom stereocenters. The molecule has 0 rings (SSSR count). The summed E-state index contributed by atoms with van der Waals surface area (Å²) < 4.78 is 0. The largest absolute Gasteiger partial charge is 0.358 e. The second-order valence-corrected chi connectivity index (χ2v) is 3.40. The number of aliphatic imine (C=N–C) groups is 1. The third-order valence-electron chi connectivity index (χ3n) is 1.51. The van der Waals surface area contributed by atoms with E-state index in [1.807, 2.05) is 6.34 Å². The lowest BCUT2D eigenvalue weighted by Gasteiger charge is -2.32. The quantitative estimate of drug-likeness (QED) is 0.450. The zero-order valence-corrected chi connectivity index (χ0v) is 7.96. The maximum absolute atomic E-state index is 3.97. The lowest BCUT2D eigenvalue weighted by atomic mass is 10.1.